The van der Waals surface area contributed by atoms with Crippen LogP contribution in [0.15, 0.2) is 30.3 Å². The molecular formula is C11H19O3P. The van der Waals surface area contributed by atoms with Crippen LogP contribution in [-0.4, -0.2) is 23.1 Å². The van der Waals surface area contributed by atoms with Crippen LogP contribution in [0.5, 0.6) is 0 Å². The van der Waals surface area contributed by atoms with Crippen molar-refractivity contribution in [1.82, 2.24) is 0 Å². The zero-order valence-electron chi connectivity index (χ0n) is 9.26. The Morgan fingerprint density at radius 2 is 1.80 bits per heavy atom. The van der Waals surface area contributed by atoms with E-state index in [1.54, 1.807) is 24.3 Å². The maximum absolute atomic E-state index is 10.1. The Hall–Kier alpha value is -0.470. The quantitative estimate of drug-likeness (QED) is 0.601. The van der Waals surface area contributed by atoms with Gasteiger partial charge in [0.15, 0.2) is 0 Å². The van der Waals surface area contributed by atoms with Crippen molar-refractivity contribution in [3.05, 3.63) is 30.3 Å². The van der Waals surface area contributed by atoms with E-state index in [1.807, 2.05) is 13.0 Å². The molecule has 0 aliphatic rings. The number of rotatable bonds is 5. The fraction of sp³-hybridized carbons (Fsp3) is 0.455. The fourth-order valence-corrected chi connectivity index (χ4v) is 2.85. The van der Waals surface area contributed by atoms with E-state index < -0.39 is 7.28 Å². The van der Waals surface area contributed by atoms with E-state index in [0.717, 1.165) is 12.8 Å². The molecule has 0 aromatic heterocycles. The standard InChI is InChI=1S/C11H19O3P/c1-3-4-10-14-15(2,12,13)11-8-6-5-7-9-11/h5-9,12-13H,3-4,10H2,1-2H3. The summed E-state index contributed by atoms with van der Waals surface area (Å²) in [4.78, 5) is 20.3. The maximum atomic E-state index is 10.1. The number of benzene rings is 1. The van der Waals surface area contributed by atoms with Crippen LogP contribution in [0.1, 0.15) is 19.8 Å². The van der Waals surface area contributed by atoms with Gasteiger partial charge >= 0.3 is 90.3 Å². The summed E-state index contributed by atoms with van der Waals surface area (Å²) in [7, 11) is -4.09. The van der Waals surface area contributed by atoms with Crippen molar-refractivity contribution in [2.75, 3.05) is 13.3 Å². The van der Waals surface area contributed by atoms with Crippen molar-refractivity contribution in [2.45, 2.75) is 19.8 Å². The second kappa shape index (κ2) is 4.58. The van der Waals surface area contributed by atoms with Crippen molar-refractivity contribution in [3.63, 3.8) is 0 Å². The molecule has 0 bridgehead atoms. The van der Waals surface area contributed by atoms with Gasteiger partial charge in [-0.25, -0.2) is 0 Å². The minimum atomic E-state index is -4.09. The van der Waals surface area contributed by atoms with Crippen molar-refractivity contribution >= 4 is 12.6 Å². The number of hydrogen-bond donors (Lipinski definition) is 2. The zero-order valence-corrected chi connectivity index (χ0v) is 10.2. The molecule has 0 saturated carbocycles. The van der Waals surface area contributed by atoms with Crippen LogP contribution in [0.4, 0.5) is 0 Å². The van der Waals surface area contributed by atoms with E-state index in [0.29, 0.717) is 11.9 Å². The third-order valence-corrected chi connectivity index (χ3v) is 4.54. The van der Waals surface area contributed by atoms with Crippen molar-refractivity contribution in [2.24, 2.45) is 0 Å². The van der Waals surface area contributed by atoms with E-state index in [2.05, 4.69) is 0 Å². The molecular weight excluding hydrogens is 211 g/mol. The third kappa shape index (κ3) is 3.54. The normalized spacial score (nSPS) is 14.5. The monoisotopic (exact) mass is 230 g/mol. The molecule has 3 nitrogen and oxygen atoms in total. The topological polar surface area (TPSA) is 49.7 Å². The second-order valence-corrected chi connectivity index (χ2v) is 7.35. The Bertz CT molecular complexity index is 303. The number of hydrogen-bond acceptors (Lipinski definition) is 3. The molecule has 15 heavy (non-hydrogen) atoms. The van der Waals surface area contributed by atoms with Crippen molar-refractivity contribution in [1.29, 1.82) is 0 Å². The van der Waals surface area contributed by atoms with Crippen molar-refractivity contribution in [3.8, 4) is 0 Å². The first kappa shape index (κ1) is 12.6. The Morgan fingerprint density at radius 3 is 2.33 bits per heavy atom. The predicted molar refractivity (Wildman–Crippen MR) is 64.2 cm³/mol. The summed E-state index contributed by atoms with van der Waals surface area (Å²) < 4.78 is 5.29. The summed E-state index contributed by atoms with van der Waals surface area (Å²) in [5.41, 5.74) is 0. The van der Waals surface area contributed by atoms with Gasteiger partial charge in [0.25, 0.3) is 0 Å². The molecule has 0 unspecified atom stereocenters. The molecule has 0 heterocycles. The summed E-state index contributed by atoms with van der Waals surface area (Å²) in [6.07, 6.45) is 1.81. The molecule has 0 saturated heterocycles. The Kier molecular flexibility index (Phi) is 3.85. The van der Waals surface area contributed by atoms with Crippen LogP contribution in [0.3, 0.4) is 0 Å². The van der Waals surface area contributed by atoms with Crippen LogP contribution < -0.4 is 5.30 Å². The van der Waals surface area contributed by atoms with Gasteiger partial charge in [0.2, 0.25) is 0 Å². The molecule has 1 aromatic carbocycles. The van der Waals surface area contributed by atoms with Gasteiger partial charge in [-0.15, -0.1) is 0 Å². The van der Waals surface area contributed by atoms with Crippen LogP contribution in [-0.2, 0) is 4.52 Å². The van der Waals surface area contributed by atoms with Gasteiger partial charge in [-0.3, -0.25) is 0 Å². The zero-order chi connectivity index (χ0) is 11.4. The van der Waals surface area contributed by atoms with Crippen LogP contribution in [0.2, 0.25) is 0 Å². The van der Waals surface area contributed by atoms with Gasteiger partial charge in [0, 0.05) is 0 Å². The van der Waals surface area contributed by atoms with E-state index >= 15 is 0 Å². The first-order valence-corrected chi connectivity index (χ1v) is 7.67. The van der Waals surface area contributed by atoms with Gasteiger partial charge in [0.05, 0.1) is 0 Å². The van der Waals surface area contributed by atoms with Crippen molar-refractivity contribution < 1.29 is 14.3 Å². The molecule has 1 rings (SSSR count). The van der Waals surface area contributed by atoms with E-state index in [1.165, 1.54) is 6.66 Å². The third-order valence-electron chi connectivity index (χ3n) is 2.25. The molecule has 0 atom stereocenters. The SMILES string of the molecule is CCCCOP(C)(O)(O)c1ccccc1. The minimum absolute atomic E-state index is 0.382. The molecule has 4 heteroatoms. The van der Waals surface area contributed by atoms with Gasteiger partial charge < -0.3 is 0 Å². The molecule has 0 amide bonds. The van der Waals surface area contributed by atoms with Gasteiger partial charge in [0.1, 0.15) is 0 Å². The summed E-state index contributed by atoms with van der Waals surface area (Å²) in [5.74, 6) is 0. The molecule has 86 valence electrons. The Balaban J connectivity index is 2.79. The average Bonchev–Trinajstić information content (AvgIpc) is 2.19. The molecule has 0 aliphatic heterocycles. The van der Waals surface area contributed by atoms with E-state index in [9.17, 15) is 9.79 Å². The Morgan fingerprint density at radius 1 is 1.20 bits per heavy atom. The van der Waals surface area contributed by atoms with E-state index in [-0.39, 0.29) is 0 Å². The van der Waals surface area contributed by atoms with Crippen LogP contribution >= 0.6 is 7.28 Å². The summed E-state index contributed by atoms with van der Waals surface area (Å²) >= 11 is 0. The van der Waals surface area contributed by atoms with Crippen LogP contribution in [0.25, 0.3) is 0 Å². The fourth-order valence-electron chi connectivity index (χ4n) is 1.27. The Labute approximate surface area is 90.9 Å². The summed E-state index contributed by atoms with van der Waals surface area (Å²) in [6, 6.07) is 8.75. The first-order chi connectivity index (χ1) is 6.94. The van der Waals surface area contributed by atoms with Gasteiger partial charge in [-0.1, -0.05) is 0 Å². The van der Waals surface area contributed by atoms with E-state index in [4.69, 9.17) is 4.52 Å². The molecule has 0 fully saturated rings. The second-order valence-electron chi connectivity index (χ2n) is 3.87. The molecule has 0 spiro atoms. The number of unbranched alkanes of at least 4 members (excludes halogenated alkanes) is 1. The summed E-state index contributed by atoms with van der Waals surface area (Å²) in [6.45, 7) is 3.80. The van der Waals surface area contributed by atoms with Gasteiger partial charge in [-0.05, 0) is 0 Å². The average molecular weight is 230 g/mol. The van der Waals surface area contributed by atoms with Crippen LogP contribution in [0, 0.1) is 0 Å². The molecule has 1 aromatic rings. The molecule has 2 N–H and O–H groups in total. The summed E-state index contributed by atoms with van der Waals surface area (Å²) in [5, 5.41) is 0.472. The first-order valence-electron chi connectivity index (χ1n) is 5.16. The predicted octanol–water partition coefficient (Wildman–Crippen LogP) is 2.04. The molecule has 0 aliphatic carbocycles. The molecule has 0 radical (unpaired) electrons. The van der Waals surface area contributed by atoms with Gasteiger partial charge in [-0.2, -0.15) is 0 Å².